The van der Waals surface area contributed by atoms with Crippen molar-refractivity contribution in [2.45, 2.75) is 39.2 Å². The van der Waals surface area contributed by atoms with Crippen molar-refractivity contribution in [1.29, 1.82) is 0 Å². The smallest absolute Gasteiger partial charge is 0.0767 e. The van der Waals surface area contributed by atoms with E-state index < -0.39 is 0 Å². The van der Waals surface area contributed by atoms with E-state index in [2.05, 4.69) is 32.0 Å². The van der Waals surface area contributed by atoms with E-state index in [-0.39, 0.29) is 5.54 Å². The molecule has 1 nitrogen and oxygen atoms in total. The Kier molecular flexibility index (Phi) is 4.14. The van der Waals surface area contributed by atoms with E-state index in [1.165, 1.54) is 0 Å². The van der Waals surface area contributed by atoms with Crippen LogP contribution < -0.4 is 5.32 Å². The van der Waals surface area contributed by atoms with Crippen molar-refractivity contribution in [3.63, 3.8) is 0 Å². The second-order valence-corrected chi connectivity index (χ2v) is 2.76. The Morgan fingerprint density at radius 2 is 2.10 bits per heavy atom. The summed E-state index contributed by atoms with van der Waals surface area (Å²) in [6.45, 7) is 7.30. The molecule has 0 aliphatic rings. The van der Waals surface area contributed by atoms with Crippen LogP contribution in [0.3, 0.4) is 0 Å². The topological polar surface area (TPSA) is 12.0 Å². The molecule has 0 spiro atoms. The first-order valence-corrected chi connectivity index (χ1v) is 3.91. The lowest BCUT2D eigenvalue weighted by molar-refractivity contribution is 0.440. The average Bonchev–Trinajstić information content (AvgIpc) is 2.00. The molecular formula is C9H17N. The molecule has 0 saturated heterocycles. The van der Waals surface area contributed by atoms with Gasteiger partial charge >= 0.3 is 0 Å². The quantitative estimate of drug-likeness (QED) is 0.585. The van der Waals surface area contributed by atoms with Gasteiger partial charge in [-0.1, -0.05) is 19.8 Å². The highest BCUT2D eigenvalue weighted by Gasteiger charge is 2.15. The van der Waals surface area contributed by atoms with Crippen LogP contribution in [0.4, 0.5) is 0 Å². The van der Waals surface area contributed by atoms with E-state index in [4.69, 9.17) is 6.42 Å². The first-order chi connectivity index (χ1) is 4.68. The van der Waals surface area contributed by atoms with Gasteiger partial charge in [0.15, 0.2) is 0 Å². The monoisotopic (exact) mass is 139 g/mol. The summed E-state index contributed by atoms with van der Waals surface area (Å²) in [4.78, 5) is 0. The van der Waals surface area contributed by atoms with Crippen LogP contribution >= 0.6 is 0 Å². The lowest BCUT2D eigenvalue weighted by Crippen LogP contribution is -2.40. The molecule has 0 aliphatic carbocycles. The molecule has 1 atom stereocenters. The van der Waals surface area contributed by atoms with Gasteiger partial charge < -0.3 is 5.32 Å². The third-order valence-corrected chi connectivity index (χ3v) is 1.79. The summed E-state index contributed by atoms with van der Waals surface area (Å²) in [5.41, 5.74) is -0.0873. The summed E-state index contributed by atoms with van der Waals surface area (Å²) in [6.07, 6.45) is 7.47. The Hall–Kier alpha value is -0.480. The maximum absolute atomic E-state index is 5.35. The highest BCUT2D eigenvalue weighted by atomic mass is 14.9. The van der Waals surface area contributed by atoms with E-state index in [0.29, 0.717) is 0 Å². The predicted octanol–water partition coefficient (Wildman–Crippen LogP) is 1.79. The first kappa shape index (κ1) is 9.52. The molecular weight excluding hydrogens is 122 g/mol. The highest BCUT2D eigenvalue weighted by Crippen LogP contribution is 2.05. The molecule has 0 fully saturated rings. The summed E-state index contributed by atoms with van der Waals surface area (Å²) < 4.78 is 0. The van der Waals surface area contributed by atoms with E-state index in [0.717, 1.165) is 19.4 Å². The van der Waals surface area contributed by atoms with E-state index in [9.17, 15) is 0 Å². The second-order valence-electron chi connectivity index (χ2n) is 2.76. The van der Waals surface area contributed by atoms with Gasteiger partial charge in [-0.2, -0.15) is 0 Å². The van der Waals surface area contributed by atoms with E-state index >= 15 is 0 Å². The van der Waals surface area contributed by atoms with Crippen LogP contribution in [0.15, 0.2) is 0 Å². The van der Waals surface area contributed by atoms with Gasteiger partial charge in [0.25, 0.3) is 0 Å². The van der Waals surface area contributed by atoms with Gasteiger partial charge in [-0.25, -0.2) is 0 Å². The zero-order valence-electron chi connectivity index (χ0n) is 7.20. The third-order valence-electron chi connectivity index (χ3n) is 1.79. The van der Waals surface area contributed by atoms with Crippen LogP contribution in [0.1, 0.15) is 33.6 Å². The molecule has 1 N–H and O–H groups in total. The number of rotatable bonds is 4. The molecule has 0 radical (unpaired) electrons. The Bertz CT molecular complexity index is 123. The minimum atomic E-state index is -0.0873. The average molecular weight is 139 g/mol. The van der Waals surface area contributed by atoms with Gasteiger partial charge in [-0.3, -0.25) is 0 Å². The fraction of sp³-hybridized carbons (Fsp3) is 0.778. The van der Waals surface area contributed by atoms with Gasteiger partial charge in [0.1, 0.15) is 0 Å². The molecule has 1 unspecified atom stereocenters. The molecule has 0 aromatic carbocycles. The Balaban J connectivity index is 3.72. The Morgan fingerprint density at radius 3 is 2.40 bits per heavy atom. The maximum atomic E-state index is 5.35. The highest BCUT2D eigenvalue weighted by molar-refractivity contribution is 5.09. The molecule has 0 bridgehead atoms. The van der Waals surface area contributed by atoms with Gasteiger partial charge in [-0.15, -0.1) is 6.42 Å². The Morgan fingerprint density at radius 1 is 1.50 bits per heavy atom. The summed E-state index contributed by atoms with van der Waals surface area (Å²) >= 11 is 0. The fourth-order valence-corrected chi connectivity index (χ4v) is 0.679. The minimum Gasteiger partial charge on any atom is -0.301 e. The molecule has 0 aliphatic heterocycles. The SMILES string of the molecule is C#CC(C)(CC)NCCC. The second kappa shape index (κ2) is 4.35. The lowest BCUT2D eigenvalue weighted by Gasteiger charge is -2.22. The summed E-state index contributed by atoms with van der Waals surface area (Å²) in [6, 6.07) is 0. The van der Waals surface area contributed by atoms with Crippen molar-refractivity contribution in [2.75, 3.05) is 6.54 Å². The minimum absolute atomic E-state index is 0.0873. The largest absolute Gasteiger partial charge is 0.301 e. The fourth-order valence-electron chi connectivity index (χ4n) is 0.679. The van der Waals surface area contributed by atoms with Crippen molar-refractivity contribution in [1.82, 2.24) is 5.32 Å². The van der Waals surface area contributed by atoms with Gasteiger partial charge in [-0.05, 0) is 26.3 Å². The Labute approximate surface area is 64.2 Å². The predicted molar refractivity (Wildman–Crippen MR) is 45.8 cm³/mol. The van der Waals surface area contributed by atoms with Crippen molar-refractivity contribution in [3.8, 4) is 12.3 Å². The molecule has 10 heavy (non-hydrogen) atoms. The summed E-state index contributed by atoms with van der Waals surface area (Å²) in [7, 11) is 0. The molecule has 0 rings (SSSR count). The zero-order chi connectivity index (χ0) is 8.04. The van der Waals surface area contributed by atoms with Crippen LogP contribution in [-0.4, -0.2) is 12.1 Å². The van der Waals surface area contributed by atoms with Crippen molar-refractivity contribution >= 4 is 0 Å². The van der Waals surface area contributed by atoms with Crippen molar-refractivity contribution in [3.05, 3.63) is 0 Å². The van der Waals surface area contributed by atoms with E-state index in [1.807, 2.05) is 0 Å². The normalized spacial score (nSPS) is 15.8. The molecule has 58 valence electrons. The van der Waals surface area contributed by atoms with Crippen LogP contribution in [-0.2, 0) is 0 Å². The molecule has 0 saturated carbocycles. The van der Waals surface area contributed by atoms with Crippen LogP contribution in [0.2, 0.25) is 0 Å². The zero-order valence-corrected chi connectivity index (χ0v) is 7.20. The van der Waals surface area contributed by atoms with Crippen molar-refractivity contribution < 1.29 is 0 Å². The number of terminal acetylenes is 1. The van der Waals surface area contributed by atoms with Crippen LogP contribution in [0.5, 0.6) is 0 Å². The van der Waals surface area contributed by atoms with Gasteiger partial charge in [0, 0.05) is 0 Å². The number of hydrogen-bond acceptors (Lipinski definition) is 1. The van der Waals surface area contributed by atoms with Crippen molar-refractivity contribution in [2.24, 2.45) is 0 Å². The van der Waals surface area contributed by atoms with Gasteiger partial charge in [0.2, 0.25) is 0 Å². The van der Waals surface area contributed by atoms with E-state index in [1.54, 1.807) is 0 Å². The molecule has 0 aromatic rings. The molecule has 0 amide bonds. The standard InChI is InChI=1S/C9H17N/c1-5-8-10-9(4,6-2)7-3/h2,10H,5,7-8H2,1,3-4H3. The number of nitrogens with one attached hydrogen (secondary N) is 1. The molecule has 0 aromatic heterocycles. The number of hydrogen-bond donors (Lipinski definition) is 1. The van der Waals surface area contributed by atoms with Gasteiger partial charge in [0.05, 0.1) is 5.54 Å². The third kappa shape index (κ3) is 2.89. The summed E-state index contributed by atoms with van der Waals surface area (Å²) in [5.74, 6) is 2.75. The summed E-state index contributed by atoms with van der Waals surface area (Å²) in [5, 5.41) is 3.31. The molecule has 1 heteroatoms. The lowest BCUT2D eigenvalue weighted by atomic mass is 10.0. The molecule has 0 heterocycles. The maximum Gasteiger partial charge on any atom is 0.0767 e. The first-order valence-electron chi connectivity index (χ1n) is 3.91. The van der Waals surface area contributed by atoms with Crippen LogP contribution in [0, 0.1) is 12.3 Å². The van der Waals surface area contributed by atoms with Crippen LogP contribution in [0.25, 0.3) is 0 Å².